The molecule has 7 N–H and O–H groups in total. The van der Waals surface area contributed by atoms with Crippen LogP contribution >= 0.6 is 11.8 Å². The molecular formula is C11H20N2O7S. The van der Waals surface area contributed by atoms with Gasteiger partial charge in [-0.1, -0.05) is 11.8 Å². The number of thioether (sulfide) groups is 1. The Morgan fingerprint density at radius 1 is 1.33 bits per heavy atom. The largest absolute Gasteiger partial charge is 0.394 e. The van der Waals surface area contributed by atoms with E-state index in [1.54, 1.807) is 0 Å². The van der Waals surface area contributed by atoms with Gasteiger partial charge < -0.3 is 36.2 Å². The summed E-state index contributed by atoms with van der Waals surface area (Å²) in [5, 5.41) is 40.2. The van der Waals surface area contributed by atoms with Crippen LogP contribution in [0.5, 0.6) is 0 Å². The van der Waals surface area contributed by atoms with E-state index in [0.717, 1.165) is 11.8 Å². The van der Waals surface area contributed by atoms with Crippen LogP contribution in [0, 0.1) is 0 Å². The molecule has 1 fully saturated rings. The van der Waals surface area contributed by atoms with Crippen molar-refractivity contribution in [1.29, 1.82) is 0 Å². The number of carbonyl (C=O) groups is 2. The van der Waals surface area contributed by atoms with Gasteiger partial charge >= 0.3 is 0 Å². The van der Waals surface area contributed by atoms with Crippen molar-refractivity contribution in [2.24, 2.45) is 5.73 Å². The van der Waals surface area contributed by atoms with E-state index >= 15 is 0 Å². The van der Waals surface area contributed by atoms with Crippen molar-refractivity contribution >= 4 is 22.8 Å². The second kappa shape index (κ2) is 8.03. The number of nitrogens with two attached hydrogens (primary N) is 1. The lowest BCUT2D eigenvalue weighted by Gasteiger charge is -2.40. The number of hydrogen-bond donors (Lipinski definition) is 6. The van der Waals surface area contributed by atoms with Crippen LogP contribution in [-0.2, 0) is 14.3 Å². The van der Waals surface area contributed by atoms with E-state index < -0.39 is 49.2 Å². The zero-order chi connectivity index (χ0) is 16.2. The van der Waals surface area contributed by atoms with Gasteiger partial charge in [0.2, 0.25) is 5.91 Å². The highest BCUT2D eigenvalue weighted by Crippen LogP contribution is 2.19. The lowest BCUT2D eigenvalue weighted by molar-refractivity contribution is -0.253. The van der Waals surface area contributed by atoms with Crippen molar-refractivity contribution in [3.63, 3.8) is 0 Å². The Kier molecular flexibility index (Phi) is 7.00. The minimum atomic E-state index is -1.60. The van der Waals surface area contributed by atoms with Gasteiger partial charge in [-0.05, 0) is 0 Å². The van der Waals surface area contributed by atoms with Gasteiger partial charge in [0.05, 0.1) is 12.6 Å². The van der Waals surface area contributed by atoms with E-state index in [0.29, 0.717) is 0 Å². The van der Waals surface area contributed by atoms with Crippen molar-refractivity contribution in [1.82, 2.24) is 5.32 Å². The Labute approximate surface area is 125 Å². The molecule has 1 amide bonds. The summed E-state index contributed by atoms with van der Waals surface area (Å²) in [5.74, 6) is -0.659. The maximum Gasteiger partial charge on any atom is 0.238 e. The summed E-state index contributed by atoms with van der Waals surface area (Å²) in [6.45, 7) is 0.744. The van der Waals surface area contributed by atoms with Crippen LogP contribution in [0.1, 0.15) is 6.92 Å². The van der Waals surface area contributed by atoms with Gasteiger partial charge in [0.15, 0.2) is 11.4 Å². The first kappa shape index (κ1) is 18.3. The van der Waals surface area contributed by atoms with E-state index in [2.05, 4.69) is 5.32 Å². The molecule has 0 aliphatic carbocycles. The van der Waals surface area contributed by atoms with E-state index in [1.165, 1.54) is 6.92 Å². The van der Waals surface area contributed by atoms with Crippen LogP contribution in [-0.4, -0.2) is 80.5 Å². The third-order valence-electron chi connectivity index (χ3n) is 3.01. The summed E-state index contributed by atoms with van der Waals surface area (Å²) < 4.78 is 4.89. The Hall–Kier alpha value is -0.750. The predicted molar refractivity (Wildman–Crippen MR) is 73.0 cm³/mol. The molecule has 122 valence electrons. The molecule has 0 aromatic rings. The first-order valence-electron chi connectivity index (χ1n) is 6.27. The van der Waals surface area contributed by atoms with Gasteiger partial charge in [0.25, 0.3) is 0 Å². The molecule has 2 unspecified atom stereocenters. The molecule has 1 saturated heterocycles. The Morgan fingerprint density at radius 2 is 1.95 bits per heavy atom. The molecule has 0 radical (unpaired) electrons. The quantitative estimate of drug-likeness (QED) is 0.301. The van der Waals surface area contributed by atoms with E-state index in [4.69, 9.17) is 15.6 Å². The first-order chi connectivity index (χ1) is 9.77. The molecule has 0 spiro atoms. The average Bonchev–Trinajstić information content (AvgIpc) is 2.44. The highest BCUT2D eigenvalue weighted by Gasteiger charge is 2.44. The molecule has 1 heterocycles. The molecule has 1 aliphatic rings. The third kappa shape index (κ3) is 4.88. The molecule has 1 aliphatic heterocycles. The van der Waals surface area contributed by atoms with Gasteiger partial charge in [-0.25, -0.2) is 0 Å². The van der Waals surface area contributed by atoms with Gasteiger partial charge in [-0.2, -0.15) is 0 Å². The van der Waals surface area contributed by atoms with Crippen molar-refractivity contribution in [2.45, 2.75) is 43.6 Å². The molecule has 21 heavy (non-hydrogen) atoms. The van der Waals surface area contributed by atoms with Crippen molar-refractivity contribution in [3.8, 4) is 0 Å². The molecule has 10 heteroatoms. The van der Waals surface area contributed by atoms with Crippen molar-refractivity contribution < 1.29 is 34.8 Å². The molecule has 0 aromatic carbocycles. The number of nitrogens with one attached hydrogen (secondary N) is 1. The van der Waals surface area contributed by atoms with E-state index in [9.17, 15) is 24.9 Å². The third-order valence-corrected chi connectivity index (χ3v) is 3.94. The minimum absolute atomic E-state index is 0.0444. The van der Waals surface area contributed by atoms with Crippen LogP contribution < -0.4 is 11.1 Å². The normalized spacial score (nSPS) is 34.3. The van der Waals surface area contributed by atoms with Crippen LogP contribution in [0.4, 0.5) is 0 Å². The number of aliphatic hydroxyl groups is 4. The van der Waals surface area contributed by atoms with Gasteiger partial charge in [0.1, 0.15) is 24.4 Å². The number of carbonyl (C=O) groups excluding carboxylic acids is 2. The summed E-state index contributed by atoms with van der Waals surface area (Å²) in [6, 6.07) is -2.31. The molecule has 6 atom stereocenters. The van der Waals surface area contributed by atoms with Crippen LogP contribution in [0.25, 0.3) is 0 Å². The lowest BCUT2D eigenvalue weighted by Crippen LogP contribution is -2.65. The summed E-state index contributed by atoms with van der Waals surface area (Å²) in [7, 11) is 0. The second-order valence-corrected chi connectivity index (χ2v) is 5.87. The Bertz CT molecular complexity index is 384. The highest BCUT2D eigenvalue weighted by molar-refractivity contribution is 8.13. The molecule has 0 bridgehead atoms. The van der Waals surface area contributed by atoms with Gasteiger partial charge in [-0.15, -0.1) is 0 Å². The molecule has 9 nitrogen and oxygen atoms in total. The van der Waals surface area contributed by atoms with Crippen molar-refractivity contribution in [2.75, 3.05) is 12.4 Å². The fourth-order valence-electron chi connectivity index (χ4n) is 1.81. The second-order valence-electron chi connectivity index (χ2n) is 4.67. The highest BCUT2D eigenvalue weighted by atomic mass is 32.2. The smallest absolute Gasteiger partial charge is 0.238 e. The lowest BCUT2D eigenvalue weighted by atomic mass is 9.97. The van der Waals surface area contributed by atoms with Gasteiger partial charge in [-0.3, -0.25) is 9.59 Å². The number of amides is 1. The van der Waals surface area contributed by atoms with E-state index in [-0.39, 0.29) is 10.9 Å². The Balaban J connectivity index is 2.60. The number of aliphatic hydroxyl groups excluding tert-OH is 4. The standard InChI is InChI=1S/C11H20N2O7S/c1-4(15)21-3-5(12)10(18)13-7-9(17)8(16)6(2-14)20-11(7)19/h5-9,11,14,16-17,19H,2-3,12H2,1H3,(H,13,18)/t5-,6+,7?,8+,9+,11?/m0/s1. The van der Waals surface area contributed by atoms with E-state index in [1.807, 2.05) is 0 Å². The van der Waals surface area contributed by atoms with Crippen LogP contribution in [0.2, 0.25) is 0 Å². The average molecular weight is 324 g/mol. The summed E-state index contributed by atoms with van der Waals surface area (Å²) in [5.41, 5.74) is 5.57. The zero-order valence-electron chi connectivity index (χ0n) is 11.4. The monoisotopic (exact) mass is 324 g/mol. The SMILES string of the molecule is CC(=O)SC[C@H](N)C(=O)NC1C(O)O[C@H](CO)[C@@H](O)[C@@H]1O. The number of hydrogen-bond acceptors (Lipinski definition) is 9. The molecule has 0 aromatic heterocycles. The van der Waals surface area contributed by atoms with Crippen molar-refractivity contribution in [3.05, 3.63) is 0 Å². The summed E-state index contributed by atoms with van der Waals surface area (Å²) >= 11 is 0.872. The maximum absolute atomic E-state index is 11.8. The zero-order valence-corrected chi connectivity index (χ0v) is 12.2. The maximum atomic E-state index is 11.8. The molecule has 1 rings (SSSR count). The molecule has 0 saturated carbocycles. The number of rotatable bonds is 5. The number of ether oxygens (including phenoxy) is 1. The van der Waals surface area contributed by atoms with Crippen LogP contribution in [0.3, 0.4) is 0 Å². The minimum Gasteiger partial charge on any atom is -0.394 e. The topological polar surface area (TPSA) is 162 Å². The first-order valence-corrected chi connectivity index (χ1v) is 7.26. The molecular weight excluding hydrogens is 304 g/mol. The fourth-order valence-corrected chi connectivity index (χ4v) is 2.37. The summed E-state index contributed by atoms with van der Waals surface area (Å²) in [4.78, 5) is 22.6. The van der Waals surface area contributed by atoms with Crippen LogP contribution in [0.15, 0.2) is 0 Å². The van der Waals surface area contributed by atoms with Gasteiger partial charge in [0, 0.05) is 12.7 Å². The predicted octanol–water partition coefficient (Wildman–Crippen LogP) is -3.49. The fraction of sp³-hybridized carbons (Fsp3) is 0.818. The summed E-state index contributed by atoms with van der Waals surface area (Å²) in [6.07, 6.45) is -5.74. The Morgan fingerprint density at radius 3 is 2.48 bits per heavy atom.